The van der Waals surface area contributed by atoms with Gasteiger partial charge in [0.2, 0.25) is 0 Å². The van der Waals surface area contributed by atoms with Crippen LogP contribution in [0.2, 0.25) is 0 Å². The Hall–Kier alpha value is -2.47. The number of hydrazone groups is 1. The Morgan fingerprint density at radius 2 is 1.88 bits per heavy atom. The molecule has 0 spiro atoms. The van der Waals surface area contributed by atoms with Gasteiger partial charge in [-0.1, -0.05) is 34.1 Å². The van der Waals surface area contributed by atoms with Crippen LogP contribution in [0, 0.1) is 5.92 Å². The summed E-state index contributed by atoms with van der Waals surface area (Å²) in [6, 6.07) is 14.5. The van der Waals surface area contributed by atoms with Crippen molar-refractivity contribution in [3.8, 4) is 0 Å². The molecule has 1 fully saturated rings. The largest absolute Gasteiger partial charge is 0.306 e. The van der Waals surface area contributed by atoms with E-state index in [0.717, 1.165) is 22.3 Å². The number of para-hydroxylation sites is 1. The number of anilines is 1. The smallest absolute Gasteiger partial charge is 0.279 e. The Morgan fingerprint density at radius 3 is 2.60 bits per heavy atom. The van der Waals surface area contributed by atoms with E-state index in [1.807, 2.05) is 24.3 Å². The lowest BCUT2D eigenvalue weighted by Crippen LogP contribution is -2.33. The maximum atomic E-state index is 12.8. The molecule has 2 aliphatic rings. The molecule has 2 aromatic rings. The van der Waals surface area contributed by atoms with Crippen molar-refractivity contribution >= 4 is 39.1 Å². The molecule has 1 aliphatic heterocycles. The van der Waals surface area contributed by atoms with Crippen LogP contribution in [0.15, 0.2) is 58.1 Å². The number of carbonyl (C=O) groups is 2. The molecule has 1 heterocycles. The van der Waals surface area contributed by atoms with Gasteiger partial charge in [0.25, 0.3) is 11.8 Å². The van der Waals surface area contributed by atoms with Crippen LogP contribution in [0.4, 0.5) is 5.69 Å². The van der Waals surface area contributed by atoms with E-state index in [1.165, 1.54) is 12.8 Å². The summed E-state index contributed by atoms with van der Waals surface area (Å²) < 4.78 is 0.894. The highest BCUT2D eigenvalue weighted by Gasteiger charge is 2.37. The van der Waals surface area contributed by atoms with Crippen molar-refractivity contribution in [2.45, 2.75) is 12.8 Å². The minimum absolute atomic E-state index is 0.149. The van der Waals surface area contributed by atoms with Gasteiger partial charge >= 0.3 is 0 Å². The van der Waals surface area contributed by atoms with Crippen LogP contribution < -0.4 is 10.3 Å². The van der Waals surface area contributed by atoms with Crippen LogP contribution in [0.3, 0.4) is 0 Å². The van der Waals surface area contributed by atoms with Gasteiger partial charge in [0.1, 0.15) is 0 Å². The van der Waals surface area contributed by atoms with Crippen molar-refractivity contribution in [2.75, 3.05) is 11.4 Å². The van der Waals surface area contributed by atoms with Gasteiger partial charge in [0.15, 0.2) is 5.71 Å². The minimum Gasteiger partial charge on any atom is -0.306 e. The van der Waals surface area contributed by atoms with Gasteiger partial charge in [0, 0.05) is 22.1 Å². The van der Waals surface area contributed by atoms with E-state index in [4.69, 9.17) is 0 Å². The summed E-state index contributed by atoms with van der Waals surface area (Å²) in [4.78, 5) is 26.8. The summed E-state index contributed by atoms with van der Waals surface area (Å²) in [7, 11) is 0. The van der Waals surface area contributed by atoms with Crippen LogP contribution in [0.5, 0.6) is 0 Å². The molecule has 0 radical (unpaired) electrons. The predicted octanol–water partition coefficient (Wildman–Crippen LogP) is 3.34. The summed E-state index contributed by atoms with van der Waals surface area (Å²) in [5.41, 5.74) is 4.93. The summed E-state index contributed by atoms with van der Waals surface area (Å²) in [5.74, 6) is 0.0869. The van der Waals surface area contributed by atoms with E-state index in [0.29, 0.717) is 17.2 Å². The van der Waals surface area contributed by atoms with E-state index in [-0.39, 0.29) is 11.8 Å². The van der Waals surface area contributed by atoms with E-state index in [2.05, 4.69) is 26.5 Å². The number of carbonyl (C=O) groups excluding carboxylic acids is 2. The van der Waals surface area contributed by atoms with Crippen molar-refractivity contribution in [1.82, 2.24) is 5.43 Å². The quantitative estimate of drug-likeness (QED) is 0.804. The molecule has 1 aliphatic carbocycles. The van der Waals surface area contributed by atoms with Gasteiger partial charge in [-0.05, 0) is 49.1 Å². The lowest BCUT2D eigenvalue weighted by molar-refractivity contribution is -0.112. The highest BCUT2D eigenvalue weighted by Crippen LogP contribution is 2.35. The lowest BCUT2D eigenvalue weighted by Gasteiger charge is -2.15. The Morgan fingerprint density at radius 1 is 1.16 bits per heavy atom. The zero-order valence-electron chi connectivity index (χ0n) is 13.4. The van der Waals surface area contributed by atoms with E-state index >= 15 is 0 Å². The maximum Gasteiger partial charge on any atom is 0.279 e. The van der Waals surface area contributed by atoms with Crippen LogP contribution in [-0.4, -0.2) is 24.1 Å². The number of hydrogen-bond acceptors (Lipinski definition) is 3. The molecule has 1 saturated carbocycles. The standard InChI is InChI=1S/C19H16BrN3O2/c20-14-9-7-13(8-10-14)18(24)22-21-17-15-3-1-2-4-16(15)23(19(17)25)11-12-5-6-12/h1-4,7-10,12H,5-6,11H2,(H,22,24)/b21-17+. The molecule has 2 aromatic carbocycles. The first-order valence-electron chi connectivity index (χ1n) is 8.18. The summed E-state index contributed by atoms with van der Waals surface area (Å²) >= 11 is 3.34. The summed E-state index contributed by atoms with van der Waals surface area (Å²) in [6.07, 6.45) is 2.33. The Balaban J connectivity index is 1.58. The molecule has 4 rings (SSSR count). The van der Waals surface area contributed by atoms with Gasteiger partial charge in [-0.15, -0.1) is 0 Å². The molecule has 0 aromatic heterocycles. The van der Waals surface area contributed by atoms with Crippen LogP contribution in [-0.2, 0) is 4.79 Å². The molecule has 126 valence electrons. The third-order valence-corrected chi connectivity index (χ3v) is 4.94. The highest BCUT2D eigenvalue weighted by atomic mass is 79.9. The predicted molar refractivity (Wildman–Crippen MR) is 99.7 cm³/mol. The van der Waals surface area contributed by atoms with Crippen molar-refractivity contribution in [2.24, 2.45) is 11.0 Å². The van der Waals surface area contributed by atoms with Crippen LogP contribution in [0.25, 0.3) is 0 Å². The number of halogens is 1. The van der Waals surface area contributed by atoms with Crippen molar-refractivity contribution in [3.63, 3.8) is 0 Å². The fourth-order valence-electron chi connectivity index (χ4n) is 2.88. The SMILES string of the molecule is O=C(N/N=C1/C(=O)N(CC2CC2)c2ccccc21)c1ccc(Br)cc1. The van der Waals surface area contributed by atoms with Crippen molar-refractivity contribution < 1.29 is 9.59 Å². The maximum absolute atomic E-state index is 12.8. The number of nitrogens with zero attached hydrogens (tertiary/aromatic N) is 2. The monoisotopic (exact) mass is 397 g/mol. The minimum atomic E-state index is -0.342. The summed E-state index contributed by atoms with van der Waals surface area (Å²) in [6.45, 7) is 0.718. The third-order valence-electron chi connectivity index (χ3n) is 4.41. The molecule has 0 saturated heterocycles. The first-order valence-corrected chi connectivity index (χ1v) is 8.97. The molecule has 5 nitrogen and oxygen atoms in total. The number of amides is 2. The first kappa shape index (κ1) is 16.0. The van der Waals surface area contributed by atoms with E-state index in [9.17, 15) is 9.59 Å². The van der Waals surface area contributed by atoms with Gasteiger partial charge < -0.3 is 4.90 Å². The molecule has 2 amide bonds. The second-order valence-electron chi connectivity index (χ2n) is 6.28. The molecule has 0 bridgehead atoms. The normalized spacial score (nSPS) is 17.7. The third kappa shape index (κ3) is 3.22. The second kappa shape index (κ2) is 6.44. The molecule has 1 N–H and O–H groups in total. The Kier molecular flexibility index (Phi) is 4.13. The van der Waals surface area contributed by atoms with Crippen molar-refractivity contribution in [3.05, 3.63) is 64.1 Å². The zero-order chi connectivity index (χ0) is 17.4. The fraction of sp³-hybridized carbons (Fsp3) is 0.211. The van der Waals surface area contributed by atoms with E-state index < -0.39 is 0 Å². The molecular weight excluding hydrogens is 382 g/mol. The highest BCUT2D eigenvalue weighted by molar-refractivity contribution is 9.10. The summed E-state index contributed by atoms with van der Waals surface area (Å²) in [5, 5.41) is 4.14. The molecule has 0 atom stereocenters. The van der Waals surface area contributed by atoms with Gasteiger partial charge in [-0.3, -0.25) is 9.59 Å². The van der Waals surface area contributed by atoms with Crippen LogP contribution >= 0.6 is 15.9 Å². The molecule has 0 unspecified atom stereocenters. The number of rotatable bonds is 4. The average molecular weight is 398 g/mol. The Labute approximate surface area is 153 Å². The van der Waals surface area contributed by atoms with Crippen LogP contribution in [0.1, 0.15) is 28.8 Å². The topological polar surface area (TPSA) is 61.8 Å². The average Bonchev–Trinajstić information content (AvgIpc) is 3.40. The number of hydrogen-bond donors (Lipinski definition) is 1. The Bertz CT molecular complexity index is 872. The second-order valence-corrected chi connectivity index (χ2v) is 7.20. The van der Waals surface area contributed by atoms with Gasteiger partial charge in [-0.25, -0.2) is 5.43 Å². The molecular formula is C19H16BrN3O2. The van der Waals surface area contributed by atoms with Gasteiger partial charge in [-0.2, -0.15) is 5.10 Å². The number of fused-ring (bicyclic) bond motifs is 1. The molecule has 6 heteroatoms. The number of nitrogens with one attached hydrogen (secondary N) is 1. The van der Waals surface area contributed by atoms with Gasteiger partial charge in [0.05, 0.1) is 5.69 Å². The zero-order valence-corrected chi connectivity index (χ0v) is 15.0. The first-order chi connectivity index (χ1) is 12.1. The number of benzene rings is 2. The lowest BCUT2D eigenvalue weighted by atomic mass is 10.1. The molecule has 25 heavy (non-hydrogen) atoms. The van der Waals surface area contributed by atoms with E-state index in [1.54, 1.807) is 29.2 Å². The fourth-order valence-corrected chi connectivity index (χ4v) is 3.15. The van der Waals surface area contributed by atoms with Crippen molar-refractivity contribution in [1.29, 1.82) is 0 Å².